The van der Waals surface area contributed by atoms with E-state index in [9.17, 15) is 0 Å². The second kappa shape index (κ2) is 11.8. The van der Waals surface area contributed by atoms with Crippen LogP contribution in [-0.2, 0) is 5.41 Å². The smallest absolute Gasteiger partial charge is 0.161 e. The summed E-state index contributed by atoms with van der Waals surface area (Å²) in [6.07, 6.45) is 2.11. The number of rotatable bonds is 10. The van der Waals surface area contributed by atoms with Crippen LogP contribution in [0.25, 0.3) is 11.1 Å². The highest BCUT2D eigenvalue weighted by molar-refractivity contribution is 6.33. The minimum atomic E-state index is -0.630. The van der Waals surface area contributed by atoms with Gasteiger partial charge in [0.1, 0.15) is 15.7 Å². The van der Waals surface area contributed by atoms with E-state index in [0.29, 0.717) is 25.0 Å². The molecule has 4 radical (unpaired) electrons. The molecule has 1 aliphatic rings. The first-order valence-corrected chi connectivity index (χ1v) is 15.0. The molecule has 0 bridgehead atoms. The van der Waals surface area contributed by atoms with Crippen LogP contribution in [0.5, 0.6) is 11.5 Å². The van der Waals surface area contributed by atoms with Gasteiger partial charge in [0.05, 0.1) is 18.6 Å². The van der Waals surface area contributed by atoms with Gasteiger partial charge in [0.25, 0.3) is 0 Å². The van der Waals surface area contributed by atoms with Gasteiger partial charge in [0, 0.05) is 0 Å². The second-order valence-electron chi connectivity index (χ2n) is 12.0. The zero-order chi connectivity index (χ0) is 29.3. The van der Waals surface area contributed by atoms with Gasteiger partial charge < -0.3 is 9.47 Å². The maximum Gasteiger partial charge on any atom is 0.161 e. The summed E-state index contributed by atoms with van der Waals surface area (Å²) in [7, 11) is 13.0. The quantitative estimate of drug-likeness (QED) is 0.177. The average molecular weight is 538 g/mol. The Balaban J connectivity index is 1.82. The van der Waals surface area contributed by atoms with Gasteiger partial charge in [-0.2, -0.15) is 0 Å². The highest BCUT2D eigenvalue weighted by atomic mass is 16.5. The van der Waals surface area contributed by atoms with Gasteiger partial charge in [-0.1, -0.05) is 118 Å². The average Bonchev–Trinajstić information content (AvgIpc) is 3.24. The molecule has 4 heteroatoms. The maximum absolute atomic E-state index is 6.54. The lowest BCUT2D eigenvalue weighted by atomic mass is 9.65. The van der Waals surface area contributed by atoms with Crippen molar-refractivity contribution in [2.75, 3.05) is 13.2 Å². The molecule has 0 saturated heterocycles. The number of benzene rings is 4. The van der Waals surface area contributed by atoms with Crippen molar-refractivity contribution in [3.63, 3.8) is 0 Å². The van der Waals surface area contributed by atoms with Crippen LogP contribution in [0.1, 0.15) is 73.9 Å². The van der Waals surface area contributed by atoms with Crippen LogP contribution in [0.4, 0.5) is 0 Å². The highest BCUT2D eigenvalue weighted by Crippen LogP contribution is 2.57. The number of fused-ring (bicyclic) bond motifs is 3. The lowest BCUT2D eigenvalue weighted by molar-refractivity contribution is 0.217. The molecule has 1 aliphatic carbocycles. The molecular formula is C37H40B2O2. The standard InChI is InChI=1S/C37H40B2O2/c1-7-23(3)21-40-35-16-11-27(18-36(35)41-22-24(4)8-2)37(32-17-25(5)9-10-26(32)6)33-19-28(38)12-14-30(33)31-15-13-29(39)20-34(31)37/h9-20,23-24H,7-8,21-22H2,1-6H3. The minimum absolute atomic E-state index is 0.432. The zero-order valence-electron chi connectivity index (χ0n) is 25.4. The van der Waals surface area contributed by atoms with E-state index in [1.807, 2.05) is 12.1 Å². The number of hydrogen-bond donors (Lipinski definition) is 0. The highest BCUT2D eigenvalue weighted by Gasteiger charge is 2.47. The molecule has 4 aromatic carbocycles. The summed E-state index contributed by atoms with van der Waals surface area (Å²) in [6.45, 7) is 14.4. The van der Waals surface area contributed by atoms with Crippen LogP contribution in [0.2, 0.25) is 0 Å². The fourth-order valence-corrected chi connectivity index (χ4v) is 5.93. The van der Waals surface area contributed by atoms with Crippen molar-refractivity contribution in [3.05, 3.63) is 106 Å². The molecule has 0 spiro atoms. The SMILES string of the molecule is [B]c1ccc2c(c1)C(c1ccc(OCC(C)CC)c(OCC(C)CC)c1)(c1cc(C)ccc1C)c1cc([B])ccc1-2. The van der Waals surface area contributed by atoms with E-state index in [0.717, 1.165) is 52.0 Å². The first kappa shape index (κ1) is 29.1. The molecule has 41 heavy (non-hydrogen) atoms. The predicted octanol–water partition coefficient (Wildman–Crippen LogP) is 7.10. The largest absolute Gasteiger partial charge is 0.489 e. The van der Waals surface area contributed by atoms with Gasteiger partial charge >= 0.3 is 0 Å². The molecule has 0 amide bonds. The van der Waals surface area contributed by atoms with Crippen molar-refractivity contribution in [2.45, 2.75) is 59.8 Å². The third-order valence-electron chi connectivity index (χ3n) is 8.80. The lowest BCUT2D eigenvalue weighted by Gasteiger charge is -2.36. The Kier molecular flexibility index (Phi) is 8.41. The molecule has 0 aromatic heterocycles. The Bertz CT molecular complexity index is 1510. The minimum Gasteiger partial charge on any atom is -0.489 e. The molecule has 2 unspecified atom stereocenters. The third-order valence-corrected chi connectivity index (χ3v) is 8.80. The van der Waals surface area contributed by atoms with Crippen LogP contribution in [0.3, 0.4) is 0 Å². The molecule has 0 aliphatic heterocycles. The zero-order valence-corrected chi connectivity index (χ0v) is 25.4. The van der Waals surface area contributed by atoms with Crippen LogP contribution in [0, 0.1) is 25.7 Å². The molecule has 0 fully saturated rings. The predicted molar refractivity (Wildman–Crippen MR) is 174 cm³/mol. The summed E-state index contributed by atoms with van der Waals surface area (Å²) in [5.74, 6) is 2.45. The van der Waals surface area contributed by atoms with Gasteiger partial charge in [-0.15, -0.1) is 0 Å². The number of ether oxygens (including phenoxy) is 2. The van der Waals surface area contributed by atoms with Crippen molar-refractivity contribution >= 4 is 26.6 Å². The third kappa shape index (κ3) is 5.34. The molecule has 0 saturated carbocycles. The maximum atomic E-state index is 6.54. The fourth-order valence-electron chi connectivity index (χ4n) is 5.93. The number of aryl methyl sites for hydroxylation is 2. The summed E-state index contributed by atoms with van der Waals surface area (Å²) < 4.78 is 12.9. The van der Waals surface area contributed by atoms with E-state index in [4.69, 9.17) is 25.2 Å². The summed E-state index contributed by atoms with van der Waals surface area (Å²) in [6, 6.07) is 25.8. The molecule has 5 rings (SSSR count). The second-order valence-corrected chi connectivity index (χ2v) is 12.0. The fraction of sp³-hybridized carbons (Fsp3) is 0.351. The van der Waals surface area contributed by atoms with E-state index in [2.05, 4.69) is 102 Å². The van der Waals surface area contributed by atoms with Gasteiger partial charge in [0.15, 0.2) is 11.5 Å². The normalized spacial score (nSPS) is 14.7. The van der Waals surface area contributed by atoms with Crippen LogP contribution >= 0.6 is 0 Å². The Morgan fingerprint density at radius 3 is 1.76 bits per heavy atom. The Morgan fingerprint density at radius 1 is 0.634 bits per heavy atom. The monoisotopic (exact) mass is 538 g/mol. The van der Waals surface area contributed by atoms with Crippen molar-refractivity contribution < 1.29 is 9.47 Å². The Labute approximate surface area is 249 Å². The summed E-state index contributed by atoms with van der Waals surface area (Å²) in [5, 5.41) is 0. The Hall–Kier alpha value is -3.39. The van der Waals surface area contributed by atoms with Crippen molar-refractivity contribution in [1.82, 2.24) is 0 Å². The van der Waals surface area contributed by atoms with Gasteiger partial charge in [-0.25, -0.2) is 0 Å². The van der Waals surface area contributed by atoms with Crippen molar-refractivity contribution in [2.24, 2.45) is 11.8 Å². The molecule has 4 aromatic rings. The van der Waals surface area contributed by atoms with Gasteiger partial charge in [-0.05, 0) is 76.8 Å². The summed E-state index contributed by atoms with van der Waals surface area (Å²) in [5.41, 5.74) is 10.3. The van der Waals surface area contributed by atoms with Crippen molar-refractivity contribution in [3.8, 4) is 22.6 Å². The molecule has 206 valence electrons. The topological polar surface area (TPSA) is 18.5 Å². The van der Waals surface area contributed by atoms with Crippen LogP contribution in [0.15, 0.2) is 72.8 Å². The molecule has 2 atom stereocenters. The lowest BCUT2D eigenvalue weighted by Crippen LogP contribution is -2.31. The summed E-state index contributed by atoms with van der Waals surface area (Å²) in [4.78, 5) is 0. The number of hydrogen-bond acceptors (Lipinski definition) is 2. The molecule has 0 heterocycles. The van der Waals surface area contributed by atoms with Crippen LogP contribution in [-0.4, -0.2) is 28.9 Å². The van der Waals surface area contributed by atoms with Crippen molar-refractivity contribution in [1.29, 1.82) is 0 Å². The van der Waals surface area contributed by atoms with E-state index < -0.39 is 5.41 Å². The van der Waals surface area contributed by atoms with E-state index in [-0.39, 0.29) is 0 Å². The summed E-state index contributed by atoms with van der Waals surface area (Å²) >= 11 is 0. The van der Waals surface area contributed by atoms with Gasteiger partial charge in [0.2, 0.25) is 0 Å². The molecular weight excluding hydrogens is 498 g/mol. The molecule has 0 N–H and O–H groups in total. The first-order chi connectivity index (χ1) is 19.7. The Morgan fingerprint density at radius 2 is 1.20 bits per heavy atom. The first-order valence-electron chi connectivity index (χ1n) is 15.0. The van der Waals surface area contributed by atoms with Crippen LogP contribution < -0.4 is 20.4 Å². The van der Waals surface area contributed by atoms with Gasteiger partial charge in [-0.3, -0.25) is 0 Å². The van der Waals surface area contributed by atoms with E-state index >= 15 is 0 Å². The van der Waals surface area contributed by atoms with E-state index in [1.54, 1.807) is 0 Å². The molecule has 2 nitrogen and oxygen atoms in total. The van der Waals surface area contributed by atoms with E-state index in [1.165, 1.54) is 27.8 Å².